The lowest BCUT2D eigenvalue weighted by Crippen LogP contribution is -2.11. The van der Waals surface area contributed by atoms with Crippen molar-refractivity contribution in [3.8, 4) is 0 Å². The van der Waals surface area contributed by atoms with E-state index < -0.39 is 0 Å². The molecule has 3 aromatic carbocycles. The van der Waals surface area contributed by atoms with Crippen LogP contribution in [0.15, 0.2) is 97.3 Å². The molecule has 0 atom stereocenters. The molecule has 0 aliphatic rings. The minimum atomic E-state index is -0.142. The lowest BCUT2D eigenvalue weighted by molar-refractivity contribution is 0.101. The molecule has 2 N–H and O–H groups in total. The van der Waals surface area contributed by atoms with E-state index in [1.807, 2.05) is 93.6 Å². The van der Waals surface area contributed by atoms with Crippen LogP contribution in [0.1, 0.15) is 37.4 Å². The van der Waals surface area contributed by atoms with Gasteiger partial charge < -0.3 is 10.6 Å². The molecule has 1 aromatic heterocycles. The number of hydrogen-bond acceptors (Lipinski definition) is 3. The number of benzene rings is 3. The summed E-state index contributed by atoms with van der Waals surface area (Å²) in [5.74, 6) is -0.217. The molecule has 166 valence electrons. The predicted molar refractivity (Wildman–Crippen MR) is 134 cm³/mol. The maximum Gasteiger partial charge on any atom is 0.257 e. The molecular weight excluding hydrogens is 410 g/mol. The highest BCUT2D eigenvalue weighted by Gasteiger charge is 2.05. The Morgan fingerprint density at radius 1 is 0.576 bits per heavy atom. The minimum Gasteiger partial charge on any atom is -0.322 e. The number of nitrogens with zero attached hydrogens (tertiary/aromatic N) is 1. The van der Waals surface area contributed by atoms with Crippen molar-refractivity contribution in [3.63, 3.8) is 0 Å². The molecule has 0 bridgehead atoms. The van der Waals surface area contributed by atoms with Gasteiger partial charge in [0, 0.05) is 29.3 Å². The fraction of sp³-hybridized carbons (Fsp3) is 0.107. The van der Waals surface area contributed by atoms with Crippen molar-refractivity contribution < 1.29 is 9.59 Å². The second-order valence-corrected chi connectivity index (χ2v) is 7.75. The number of carbonyl (C=O) groups is 2. The summed E-state index contributed by atoms with van der Waals surface area (Å²) in [6.07, 6.45) is 3.19. The van der Waals surface area contributed by atoms with Crippen LogP contribution >= 0.6 is 0 Å². The normalized spacial score (nSPS) is 9.91. The van der Waals surface area contributed by atoms with Crippen LogP contribution in [-0.4, -0.2) is 16.8 Å². The number of hydrogen-bond donors (Lipinski definition) is 2. The predicted octanol–water partition coefficient (Wildman–Crippen LogP) is 6.20. The van der Waals surface area contributed by atoms with Crippen LogP contribution in [0, 0.1) is 20.8 Å². The molecule has 0 saturated carbocycles. The highest BCUT2D eigenvalue weighted by molar-refractivity contribution is 6.04. The maximum absolute atomic E-state index is 11.9. The van der Waals surface area contributed by atoms with Crippen molar-refractivity contribution in [2.24, 2.45) is 0 Å². The van der Waals surface area contributed by atoms with Gasteiger partial charge in [0.25, 0.3) is 11.8 Å². The first-order valence-electron chi connectivity index (χ1n) is 10.6. The third kappa shape index (κ3) is 7.43. The summed E-state index contributed by atoms with van der Waals surface area (Å²) < 4.78 is 0. The van der Waals surface area contributed by atoms with Gasteiger partial charge in [-0.15, -0.1) is 0 Å². The Labute approximate surface area is 194 Å². The Hall–Kier alpha value is -4.25. The first-order chi connectivity index (χ1) is 15.9. The Kier molecular flexibility index (Phi) is 8.08. The molecule has 4 rings (SSSR count). The molecule has 4 aromatic rings. The van der Waals surface area contributed by atoms with E-state index in [1.165, 1.54) is 11.1 Å². The van der Waals surface area contributed by atoms with Crippen LogP contribution in [0.5, 0.6) is 0 Å². The minimum absolute atomic E-state index is 0.0751. The van der Waals surface area contributed by atoms with Crippen LogP contribution in [0.4, 0.5) is 11.4 Å². The standard InChI is InChI=1S/C15H15NO.C13H12N2O/c1-11-3-7-13(8-4-11)15(17)16-14-9-5-12(2)6-10-14;1-10-4-6-12(7-5-10)15-13(16)11-3-2-8-14-9-11/h3-10H,1-2H3,(H,16,17);2-9H,1H3,(H,15,16). The van der Waals surface area contributed by atoms with E-state index in [1.54, 1.807) is 24.5 Å². The summed E-state index contributed by atoms with van der Waals surface area (Å²) in [6.45, 7) is 6.03. The largest absolute Gasteiger partial charge is 0.322 e. The van der Waals surface area contributed by atoms with Gasteiger partial charge in [0.05, 0.1) is 5.56 Å². The van der Waals surface area contributed by atoms with Gasteiger partial charge in [-0.3, -0.25) is 14.6 Å². The average Bonchev–Trinajstić information content (AvgIpc) is 2.83. The summed E-state index contributed by atoms with van der Waals surface area (Å²) in [5, 5.41) is 5.67. The molecular formula is C28H27N3O2. The third-order valence-corrected chi connectivity index (χ3v) is 4.86. The van der Waals surface area contributed by atoms with Crippen LogP contribution < -0.4 is 10.6 Å². The number of rotatable bonds is 4. The zero-order valence-electron chi connectivity index (χ0n) is 19.0. The number of aromatic nitrogens is 1. The van der Waals surface area contributed by atoms with E-state index in [4.69, 9.17) is 0 Å². The summed E-state index contributed by atoms with van der Waals surface area (Å²) in [6, 6.07) is 26.4. The van der Waals surface area contributed by atoms with Crippen molar-refractivity contribution in [2.45, 2.75) is 20.8 Å². The second kappa shape index (κ2) is 11.4. The first-order valence-corrected chi connectivity index (χ1v) is 10.6. The lowest BCUT2D eigenvalue weighted by atomic mass is 10.1. The van der Waals surface area contributed by atoms with Gasteiger partial charge in [-0.05, 0) is 69.3 Å². The van der Waals surface area contributed by atoms with Gasteiger partial charge in [-0.1, -0.05) is 53.1 Å². The molecule has 0 aliphatic heterocycles. The zero-order chi connectivity index (χ0) is 23.6. The molecule has 0 radical (unpaired) electrons. The molecule has 1 heterocycles. The topological polar surface area (TPSA) is 71.1 Å². The molecule has 5 heteroatoms. The molecule has 2 amide bonds. The van der Waals surface area contributed by atoms with Crippen LogP contribution in [0.3, 0.4) is 0 Å². The van der Waals surface area contributed by atoms with Crippen LogP contribution in [0.2, 0.25) is 0 Å². The van der Waals surface area contributed by atoms with E-state index in [9.17, 15) is 9.59 Å². The summed E-state index contributed by atoms with van der Waals surface area (Å²) in [4.78, 5) is 27.5. The second-order valence-electron chi connectivity index (χ2n) is 7.75. The highest BCUT2D eigenvalue weighted by Crippen LogP contribution is 2.12. The zero-order valence-corrected chi connectivity index (χ0v) is 19.0. The van der Waals surface area contributed by atoms with Crippen molar-refractivity contribution in [2.75, 3.05) is 10.6 Å². The Bertz CT molecular complexity index is 1180. The molecule has 0 fully saturated rings. The van der Waals surface area contributed by atoms with Crippen LogP contribution in [0.25, 0.3) is 0 Å². The smallest absolute Gasteiger partial charge is 0.257 e. The Morgan fingerprint density at radius 2 is 1.00 bits per heavy atom. The van der Waals surface area contributed by atoms with Gasteiger partial charge in [0.1, 0.15) is 0 Å². The Morgan fingerprint density at radius 3 is 1.42 bits per heavy atom. The fourth-order valence-corrected chi connectivity index (χ4v) is 2.88. The van der Waals surface area contributed by atoms with Crippen LogP contribution in [-0.2, 0) is 0 Å². The average molecular weight is 438 g/mol. The number of aryl methyl sites for hydroxylation is 3. The SMILES string of the molecule is Cc1ccc(NC(=O)c2ccc(C)cc2)cc1.Cc1ccc(NC(=O)c2cccnc2)cc1. The molecule has 0 spiro atoms. The lowest BCUT2D eigenvalue weighted by Gasteiger charge is -2.05. The van der Waals surface area contributed by atoms with Gasteiger partial charge in [0.15, 0.2) is 0 Å². The van der Waals surface area contributed by atoms with E-state index in [-0.39, 0.29) is 11.8 Å². The van der Waals surface area contributed by atoms with Gasteiger partial charge in [-0.25, -0.2) is 0 Å². The van der Waals surface area contributed by atoms with E-state index >= 15 is 0 Å². The molecule has 33 heavy (non-hydrogen) atoms. The van der Waals surface area contributed by atoms with Crippen molar-refractivity contribution in [1.29, 1.82) is 0 Å². The highest BCUT2D eigenvalue weighted by atomic mass is 16.2. The number of pyridine rings is 1. The summed E-state index contributed by atoms with van der Waals surface area (Å²) in [7, 11) is 0. The number of carbonyl (C=O) groups excluding carboxylic acids is 2. The van der Waals surface area contributed by atoms with Crippen molar-refractivity contribution in [3.05, 3.63) is 125 Å². The molecule has 5 nitrogen and oxygen atoms in total. The number of nitrogens with one attached hydrogen (secondary N) is 2. The molecule has 0 unspecified atom stereocenters. The Balaban J connectivity index is 0.000000186. The third-order valence-electron chi connectivity index (χ3n) is 4.86. The molecule has 0 aliphatic carbocycles. The van der Waals surface area contributed by atoms with Crippen molar-refractivity contribution in [1.82, 2.24) is 4.98 Å². The van der Waals surface area contributed by atoms with Crippen molar-refractivity contribution >= 4 is 23.2 Å². The quantitative estimate of drug-likeness (QED) is 0.399. The van der Waals surface area contributed by atoms with E-state index in [0.29, 0.717) is 11.1 Å². The van der Waals surface area contributed by atoms with E-state index in [0.717, 1.165) is 16.9 Å². The number of anilines is 2. The molecule has 0 saturated heterocycles. The van der Waals surface area contributed by atoms with E-state index in [2.05, 4.69) is 15.6 Å². The summed E-state index contributed by atoms with van der Waals surface area (Å²) >= 11 is 0. The first kappa shape index (κ1) is 23.4. The van der Waals surface area contributed by atoms with Gasteiger partial charge in [0.2, 0.25) is 0 Å². The summed E-state index contributed by atoms with van der Waals surface area (Å²) in [5.41, 5.74) is 6.34. The fourth-order valence-electron chi connectivity index (χ4n) is 2.88. The van der Waals surface area contributed by atoms with Gasteiger partial charge in [-0.2, -0.15) is 0 Å². The van der Waals surface area contributed by atoms with Gasteiger partial charge >= 0.3 is 0 Å². The number of amides is 2. The maximum atomic E-state index is 11.9. The monoisotopic (exact) mass is 437 g/mol.